The number of hydrogen-bond donors (Lipinski definition) is 1. The molecule has 0 heterocycles. The van der Waals surface area contributed by atoms with Crippen molar-refractivity contribution in [3.8, 4) is 17.2 Å². The first-order valence-electron chi connectivity index (χ1n) is 13.2. The minimum Gasteiger partial charge on any atom is -0.497 e. The molecule has 0 aliphatic rings. The molecule has 0 unspecified atom stereocenters. The van der Waals surface area contributed by atoms with Gasteiger partial charge in [-0.05, 0) is 55.3 Å². The van der Waals surface area contributed by atoms with Crippen LogP contribution in [0.25, 0.3) is 0 Å². The van der Waals surface area contributed by atoms with Gasteiger partial charge in [-0.2, -0.15) is 0 Å². The second-order valence-electron chi connectivity index (χ2n) is 9.20. The molecule has 0 saturated heterocycles. The highest BCUT2D eigenvalue weighted by Crippen LogP contribution is 2.36. The summed E-state index contributed by atoms with van der Waals surface area (Å²) < 4.78 is 45.2. The molecule has 0 aliphatic carbocycles. The molecule has 11 heteroatoms. The highest BCUT2D eigenvalue weighted by atomic mass is 32.2. The van der Waals surface area contributed by atoms with Gasteiger partial charge in [0.25, 0.3) is 10.0 Å². The third-order valence-electron chi connectivity index (χ3n) is 6.47. The molecule has 1 atom stereocenters. The molecule has 0 saturated carbocycles. The van der Waals surface area contributed by atoms with Crippen LogP contribution in [-0.2, 0) is 26.2 Å². The Balaban J connectivity index is 2.10. The highest BCUT2D eigenvalue weighted by molar-refractivity contribution is 7.92. The maximum absolute atomic E-state index is 14.1. The predicted molar refractivity (Wildman–Crippen MR) is 157 cm³/mol. The van der Waals surface area contributed by atoms with Crippen LogP contribution >= 0.6 is 0 Å². The number of ether oxygens (including phenoxy) is 3. The highest BCUT2D eigenvalue weighted by Gasteiger charge is 2.34. The third-order valence-corrected chi connectivity index (χ3v) is 8.24. The SMILES string of the molecule is CCCNC(=O)[C@@H](C)N(Cc1cccc(OC)c1)C(=O)CN(c1cc(OC)ccc1OC)S(=O)(=O)c1ccccc1. The first-order chi connectivity index (χ1) is 19.7. The first-order valence-corrected chi connectivity index (χ1v) is 14.6. The number of rotatable bonds is 14. The maximum atomic E-state index is 14.1. The van der Waals surface area contributed by atoms with Crippen molar-refractivity contribution >= 4 is 27.5 Å². The fraction of sp³-hybridized carbons (Fsp3) is 0.333. The number of hydrogen-bond acceptors (Lipinski definition) is 7. The van der Waals surface area contributed by atoms with Crippen molar-refractivity contribution in [3.63, 3.8) is 0 Å². The lowest BCUT2D eigenvalue weighted by Gasteiger charge is -2.32. The van der Waals surface area contributed by atoms with Gasteiger partial charge in [0.2, 0.25) is 11.8 Å². The van der Waals surface area contributed by atoms with Gasteiger partial charge >= 0.3 is 0 Å². The maximum Gasteiger partial charge on any atom is 0.264 e. The van der Waals surface area contributed by atoms with E-state index in [9.17, 15) is 18.0 Å². The summed E-state index contributed by atoms with van der Waals surface area (Å²) in [5.41, 5.74) is 0.831. The molecule has 0 spiro atoms. The number of methoxy groups -OCH3 is 3. The van der Waals surface area contributed by atoms with Crippen molar-refractivity contribution in [2.75, 3.05) is 38.7 Å². The fourth-order valence-corrected chi connectivity index (χ4v) is 5.61. The Morgan fingerprint density at radius 2 is 1.56 bits per heavy atom. The van der Waals surface area contributed by atoms with Crippen LogP contribution in [0, 0.1) is 0 Å². The zero-order valence-corrected chi connectivity index (χ0v) is 24.8. The van der Waals surface area contributed by atoms with Crippen LogP contribution in [-0.4, -0.2) is 65.6 Å². The molecule has 3 aromatic carbocycles. The van der Waals surface area contributed by atoms with E-state index in [-0.39, 0.29) is 28.8 Å². The predicted octanol–water partition coefficient (Wildman–Crippen LogP) is 3.85. The first kappa shape index (κ1) is 31.3. The monoisotopic (exact) mass is 583 g/mol. The third kappa shape index (κ3) is 7.69. The molecule has 220 valence electrons. The zero-order chi connectivity index (χ0) is 30.0. The van der Waals surface area contributed by atoms with Gasteiger partial charge in [-0.1, -0.05) is 37.3 Å². The van der Waals surface area contributed by atoms with E-state index >= 15 is 0 Å². The fourth-order valence-electron chi connectivity index (χ4n) is 4.17. The molecule has 0 aliphatic heterocycles. The Hall–Kier alpha value is -4.25. The van der Waals surface area contributed by atoms with E-state index in [1.807, 2.05) is 13.0 Å². The number of nitrogens with one attached hydrogen (secondary N) is 1. The molecule has 0 bridgehead atoms. The summed E-state index contributed by atoms with van der Waals surface area (Å²) in [5.74, 6) is 0.261. The molecule has 41 heavy (non-hydrogen) atoms. The van der Waals surface area contributed by atoms with Crippen LogP contribution in [0.4, 0.5) is 5.69 Å². The molecule has 0 aromatic heterocycles. The lowest BCUT2D eigenvalue weighted by molar-refractivity contribution is -0.139. The smallest absolute Gasteiger partial charge is 0.264 e. The minimum atomic E-state index is -4.25. The summed E-state index contributed by atoms with van der Waals surface area (Å²) in [6, 6.07) is 18.7. The Bertz CT molecular complexity index is 1430. The standard InChI is InChI=1S/C30H37N3O7S/c1-6-17-31-30(35)22(2)32(20-23-11-10-12-24(18-23)38-3)29(34)21-33(41(36,37)26-13-8-7-9-14-26)27-19-25(39-4)15-16-28(27)40-5/h7-16,18-19,22H,6,17,20-21H2,1-5H3,(H,31,35)/t22-/m1/s1. The van der Waals surface area contributed by atoms with E-state index in [2.05, 4.69) is 5.32 Å². The average molecular weight is 584 g/mol. The topological polar surface area (TPSA) is 114 Å². The normalized spacial score (nSPS) is 11.7. The van der Waals surface area contributed by atoms with Gasteiger partial charge < -0.3 is 24.4 Å². The number of amides is 2. The average Bonchev–Trinajstić information content (AvgIpc) is 3.00. The van der Waals surface area contributed by atoms with Gasteiger partial charge in [-0.3, -0.25) is 13.9 Å². The largest absolute Gasteiger partial charge is 0.497 e. The lowest BCUT2D eigenvalue weighted by Crippen LogP contribution is -2.51. The van der Waals surface area contributed by atoms with E-state index in [1.165, 1.54) is 44.4 Å². The quantitative estimate of drug-likeness (QED) is 0.307. The Labute approximate surface area is 241 Å². The van der Waals surface area contributed by atoms with Crippen LogP contribution in [0.15, 0.2) is 77.7 Å². The van der Waals surface area contributed by atoms with Gasteiger partial charge in [0.1, 0.15) is 29.8 Å². The zero-order valence-electron chi connectivity index (χ0n) is 24.0. The van der Waals surface area contributed by atoms with Gasteiger partial charge in [-0.25, -0.2) is 8.42 Å². The van der Waals surface area contributed by atoms with Gasteiger partial charge in [0.15, 0.2) is 0 Å². The number of nitrogens with zero attached hydrogens (tertiary/aromatic N) is 2. The van der Waals surface area contributed by atoms with Crippen molar-refractivity contribution in [2.45, 2.75) is 37.8 Å². The van der Waals surface area contributed by atoms with Crippen molar-refractivity contribution in [2.24, 2.45) is 0 Å². The van der Waals surface area contributed by atoms with Crippen LogP contribution in [0.3, 0.4) is 0 Å². The molecule has 3 aromatic rings. The summed E-state index contributed by atoms with van der Waals surface area (Å²) in [5, 5.41) is 2.82. The Morgan fingerprint density at radius 1 is 0.878 bits per heavy atom. The molecule has 3 rings (SSSR count). The Kier molecular flexibility index (Phi) is 11.0. The van der Waals surface area contributed by atoms with Crippen molar-refractivity contribution in [1.82, 2.24) is 10.2 Å². The van der Waals surface area contributed by atoms with Crippen molar-refractivity contribution in [1.29, 1.82) is 0 Å². The summed E-state index contributed by atoms with van der Waals surface area (Å²) in [7, 11) is 0.154. The Morgan fingerprint density at radius 3 is 2.20 bits per heavy atom. The van der Waals surface area contributed by atoms with E-state index in [4.69, 9.17) is 14.2 Å². The van der Waals surface area contributed by atoms with Crippen LogP contribution in [0.1, 0.15) is 25.8 Å². The molecule has 10 nitrogen and oxygen atoms in total. The number of sulfonamides is 1. The molecular weight excluding hydrogens is 546 g/mol. The van der Waals surface area contributed by atoms with E-state index in [0.717, 1.165) is 10.7 Å². The summed E-state index contributed by atoms with van der Waals surface area (Å²) in [6.07, 6.45) is 0.723. The van der Waals surface area contributed by atoms with Gasteiger partial charge in [0.05, 0.1) is 31.9 Å². The number of anilines is 1. The number of carbonyl (C=O) groups is 2. The lowest BCUT2D eigenvalue weighted by atomic mass is 10.1. The molecule has 2 amide bonds. The molecule has 0 fully saturated rings. The van der Waals surface area contributed by atoms with Crippen LogP contribution < -0.4 is 23.8 Å². The summed E-state index contributed by atoms with van der Waals surface area (Å²) in [4.78, 5) is 28.4. The van der Waals surface area contributed by atoms with E-state index < -0.39 is 28.5 Å². The van der Waals surface area contributed by atoms with Crippen molar-refractivity contribution < 1.29 is 32.2 Å². The minimum absolute atomic E-state index is 0.00856. The molecular formula is C30H37N3O7S. The van der Waals surface area contributed by atoms with Gasteiger partial charge in [0, 0.05) is 19.2 Å². The molecule has 1 N–H and O–H groups in total. The second kappa shape index (κ2) is 14.4. The second-order valence-corrected chi connectivity index (χ2v) is 11.1. The van der Waals surface area contributed by atoms with E-state index in [0.29, 0.717) is 23.6 Å². The summed E-state index contributed by atoms with van der Waals surface area (Å²) in [6.45, 7) is 3.43. The van der Waals surface area contributed by atoms with Crippen LogP contribution in [0.5, 0.6) is 17.2 Å². The van der Waals surface area contributed by atoms with Crippen molar-refractivity contribution in [3.05, 3.63) is 78.4 Å². The number of benzene rings is 3. The number of carbonyl (C=O) groups excluding carboxylic acids is 2. The van der Waals surface area contributed by atoms with E-state index in [1.54, 1.807) is 55.5 Å². The summed E-state index contributed by atoms with van der Waals surface area (Å²) >= 11 is 0. The molecule has 0 radical (unpaired) electrons. The van der Waals surface area contributed by atoms with Crippen LogP contribution in [0.2, 0.25) is 0 Å². The van der Waals surface area contributed by atoms with Gasteiger partial charge in [-0.15, -0.1) is 0 Å².